The predicted octanol–water partition coefficient (Wildman–Crippen LogP) is 1.38. The molecular formula is C11H12NO2+. The van der Waals surface area contributed by atoms with Crippen molar-refractivity contribution in [3.63, 3.8) is 0 Å². The van der Waals surface area contributed by atoms with Gasteiger partial charge in [-0.05, 0) is 12.1 Å². The van der Waals surface area contributed by atoms with Gasteiger partial charge in [-0.15, -0.1) is 0 Å². The molecule has 1 heterocycles. The van der Waals surface area contributed by atoms with Crippen molar-refractivity contribution in [1.29, 1.82) is 0 Å². The number of hydrogen-bond acceptors (Lipinski definition) is 2. The zero-order valence-corrected chi connectivity index (χ0v) is 8.15. The quantitative estimate of drug-likeness (QED) is 0.487. The van der Waals surface area contributed by atoms with Gasteiger partial charge in [0.15, 0.2) is 23.4 Å². The largest absolute Gasteiger partial charge is 0.504 e. The van der Waals surface area contributed by atoms with Crippen LogP contribution in [0.25, 0.3) is 10.8 Å². The Balaban J connectivity index is 2.89. The Hall–Kier alpha value is -1.77. The summed E-state index contributed by atoms with van der Waals surface area (Å²) >= 11 is 0. The summed E-state index contributed by atoms with van der Waals surface area (Å²) in [4.78, 5) is 0. The molecule has 0 fully saturated rings. The van der Waals surface area contributed by atoms with Crippen LogP contribution in [0.4, 0.5) is 0 Å². The zero-order valence-electron chi connectivity index (χ0n) is 8.15. The van der Waals surface area contributed by atoms with Crippen LogP contribution in [-0.2, 0) is 7.05 Å². The normalized spacial score (nSPS) is 10.7. The molecule has 0 atom stereocenters. The van der Waals surface area contributed by atoms with E-state index in [-0.39, 0.29) is 11.5 Å². The van der Waals surface area contributed by atoms with Crippen LogP contribution in [-0.4, -0.2) is 10.2 Å². The highest BCUT2D eigenvalue weighted by Gasteiger charge is 2.10. The molecule has 0 aliphatic carbocycles. The van der Waals surface area contributed by atoms with Crippen molar-refractivity contribution in [3.8, 4) is 11.5 Å². The summed E-state index contributed by atoms with van der Waals surface area (Å²) in [5.41, 5.74) is 1.03. The Morgan fingerprint density at radius 2 is 1.93 bits per heavy atom. The summed E-state index contributed by atoms with van der Waals surface area (Å²) in [7, 11) is 1.94. The molecule has 1 aromatic heterocycles. The lowest BCUT2D eigenvalue weighted by Crippen LogP contribution is -2.30. The number of aromatic hydroxyl groups is 2. The second-order valence-corrected chi connectivity index (χ2v) is 3.46. The van der Waals surface area contributed by atoms with Gasteiger partial charge in [0, 0.05) is 23.8 Å². The molecule has 0 aliphatic rings. The van der Waals surface area contributed by atoms with Crippen LogP contribution in [0.15, 0.2) is 24.4 Å². The van der Waals surface area contributed by atoms with E-state index < -0.39 is 0 Å². The van der Waals surface area contributed by atoms with Crippen LogP contribution in [0.2, 0.25) is 0 Å². The molecule has 2 rings (SSSR count). The first-order valence-electron chi connectivity index (χ1n) is 4.40. The van der Waals surface area contributed by atoms with Gasteiger partial charge in [-0.2, -0.15) is 0 Å². The smallest absolute Gasteiger partial charge is 0.178 e. The molecule has 0 bridgehead atoms. The number of benzene rings is 1. The van der Waals surface area contributed by atoms with Crippen LogP contribution < -0.4 is 4.57 Å². The average Bonchev–Trinajstić information content (AvgIpc) is 2.15. The highest BCUT2D eigenvalue weighted by molar-refractivity contribution is 5.89. The van der Waals surface area contributed by atoms with Gasteiger partial charge in [0.05, 0.1) is 0 Å². The maximum Gasteiger partial charge on any atom is 0.178 e. The van der Waals surface area contributed by atoms with E-state index in [0.29, 0.717) is 5.39 Å². The van der Waals surface area contributed by atoms with Crippen molar-refractivity contribution < 1.29 is 14.8 Å². The second kappa shape index (κ2) is 2.87. The molecule has 0 radical (unpaired) electrons. The van der Waals surface area contributed by atoms with Gasteiger partial charge in [0.25, 0.3) is 0 Å². The number of pyridine rings is 1. The summed E-state index contributed by atoms with van der Waals surface area (Å²) in [6.07, 6.45) is 1.92. The maximum atomic E-state index is 9.61. The third-order valence-electron chi connectivity index (χ3n) is 2.47. The minimum Gasteiger partial charge on any atom is -0.504 e. The molecule has 2 aromatic rings. The van der Waals surface area contributed by atoms with E-state index in [1.54, 1.807) is 6.07 Å². The molecule has 0 unspecified atom stereocenters. The highest BCUT2D eigenvalue weighted by atomic mass is 16.3. The van der Waals surface area contributed by atoms with Crippen molar-refractivity contribution in [1.82, 2.24) is 0 Å². The Kier molecular flexibility index (Phi) is 1.81. The first kappa shape index (κ1) is 8.81. The van der Waals surface area contributed by atoms with Crippen molar-refractivity contribution >= 4 is 10.8 Å². The van der Waals surface area contributed by atoms with Gasteiger partial charge < -0.3 is 10.2 Å². The van der Waals surface area contributed by atoms with E-state index in [9.17, 15) is 10.2 Å². The maximum absolute atomic E-state index is 9.61. The minimum atomic E-state index is -0.0780. The van der Waals surface area contributed by atoms with E-state index in [0.717, 1.165) is 11.1 Å². The van der Waals surface area contributed by atoms with E-state index in [2.05, 4.69) is 0 Å². The summed E-state index contributed by atoms with van der Waals surface area (Å²) in [6.45, 7) is 1.95. The standard InChI is InChI=1S/C11H11NO2/c1-7-5-9-8(6-12(7)2)3-4-10(13)11(9)14/h3-6,14H,1-2H3/p+1. The van der Waals surface area contributed by atoms with Gasteiger partial charge in [-0.25, -0.2) is 4.57 Å². The number of nitrogens with zero attached hydrogens (tertiary/aromatic N) is 1. The highest BCUT2D eigenvalue weighted by Crippen LogP contribution is 2.32. The van der Waals surface area contributed by atoms with Crippen LogP contribution in [0.3, 0.4) is 0 Å². The number of rotatable bonds is 0. The Labute approximate surface area is 81.9 Å². The molecule has 72 valence electrons. The van der Waals surface area contributed by atoms with Gasteiger partial charge in [0.1, 0.15) is 7.05 Å². The molecular weight excluding hydrogens is 178 g/mol. The number of hydrogen-bond donors (Lipinski definition) is 2. The van der Waals surface area contributed by atoms with E-state index in [4.69, 9.17) is 0 Å². The summed E-state index contributed by atoms with van der Waals surface area (Å²) in [5, 5.41) is 20.5. The van der Waals surface area contributed by atoms with Gasteiger partial charge in [-0.3, -0.25) is 0 Å². The van der Waals surface area contributed by atoms with Gasteiger partial charge in [0.2, 0.25) is 0 Å². The van der Waals surface area contributed by atoms with Crippen molar-refractivity contribution in [2.24, 2.45) is 7.05 Å². The molecule has 1 aromatic carbocycles. The van der Waals surface area contributed by atoms with E-state index >= 15 is 0 Å². The Morgan fingerprint density at radius 1 is 1.21 bits per heavy atom. The van der Waals surface area contributed by atoms with Crippen molar-refractivity contribution in [3.05, 3.63) is 30.1 Å². The first-order chi connectivity index (χ1) is 6.59. The lowest BCUT2D eigenvalue weighted by Gasteiger charge is -2.02. The van der Waals surface area contributed by atoms with Crippen molar-refractivity contribution in [2.45, 2.75) is 6.92 Å². The minimum absolute atomic E-state index is 0.0498. The van der Waals surface area contributed by atoms with E-state index in [1.807, 2.05) is 30.8 Å². The zero-order chi connectivity index (χ0) is 10.3. The molecule has 0 spiro atoms. The van der Waals surface area contributed by atoms with Crippen LogP contribution >= 0.6 is 0 Å². The van der Waals surface area contributed by atoms with Crippen LogP contribution in [0, 0.1) is 6.92 Å². The second-order valence-electron chi connectivity index (χ2n) is 3.46. The molecule has 0 amide bonds. The fourth-order valence-electron chi connectivity index (χ4n) is 1.50. The molecule has 3 heteroatoms. The molecule has 0 saturated carbocycles. The number of fused-ring (bicyclic) bond motifs is 1. The molecule has 3 nitrogen and oxygen atoms in total. The summed E-state index contributed by atoms with van der Waals surface area (Å²) in [5.74, 6) is -0.128. The monoisotopic (exact) mass is 190 g/mol. The Bertz CT molecular complexity index is 506. The van der Waals surface area contributed by atoms with Crippen LogP contribution in [0.5, 0.6) is 11.5 Å². The first-order valence-corrected chi connectivity index (χ1v) is 4.40. The van der Waals surface area contributed by atoms with Gasteiger partial charge in [-0.1, -0.05) is 0 Å². The van der Waals surface area contributed by atoms with Crippen LogP contribution in [0.1, 0.15) is 5.69 Å². The van der Waals surface area contributed by atoms with Gasteiger partial charge >= 0.3 is 0 Å². The molecule has 14 heavy (non-hydrogen) atoms. The summed E-state index contributed by atoms with van der Waals surface area (Å²) < 4.78 is 1.97. The fraction of sp³-hybridized carbons (Fsp3) is 0.182. The number of phenolic OH excluding ortho intramolecular Hbond substituents is 2. The lowest BCUT2D eigenvalue weighted by molar-refractivity contribution is -0.676. The average molecular weight is 190 g/mol. The molecule has 0 aliphatic heterocycles. The predicted molar refractivity (Wildman–Crippen MR) is 53.2 cm³/mol. The number of aryl methyl sites for hydroxylation is 2. The SMILES string of the molecule is Cc1cc2c(O)c(O)ccc2c[n+]1C. The number of aromatic nitrogens is 1. The fourth-order valence-corrected chi connectivity index (χ4v) is 1.50. The topological polar surface area (TPSA) is 44.3 Å². The van der Waals surface area contributed by atoms with Crippen molar-refractivity contribution in [2.75, 3.05) is 0 Å². The molecule has 2 N–H and O–H groups in total. The lowest BCUT2D eigenvalue weighted by atomic mass is 10.1. The Morgan fingerprint density at radius 3 is 2.64 bits per heavy atom. The summed E-state index contributed by atoms with van der Waals surface area (Å²) in [6, 6.07) is 5.13. The third-order valence-corrected chi connectivity index (χ3v) is 2.47. The number of phenols is 2. The molecule has 0 saturated heterocycles. The third kappa shape index (κ3) is 1.18. The van der Waals surface area contributed by atoms with E-state index in [1.165, 1.54) is 6.07 Å².